The fourth-order valence-corrected chi connectivity index (χ4v) is 1.54. The minimum atomic E-state index is 0. The summed E-state index contributed by atoms with van der Waals surface area (Å²) in [6, 6.07) is 6.21. The zero-order chi connectivity index (χ0) is 9.97. The van der Waals surface area contributed by atoms with Gasteiger partial charge in [-0.05, 0) is 23.6 Å². The Morgan fingerprint density at radius 1 is 1.00 bits per heavy atom. The van der Waals surface area contributed by atoms with Crippen LogP contribution in [0.4, 0.5) is 0 Å². The summed E-state index contributed by atoms with van der Waals surface area (Å²) < 4.78 is 11.2. The van der Waals surface area contributed by atoms with Crippen molar-refractivity contribution < 1.29 is 9.47 Å². The van der Waals surface area contributed by atoms with E-state index in [1.54, 1.807) is 0 Å². The summed E-state index contributed by atoms with van der Waals surface area (Å²) >= 11 is 0. The number of fused-ring (bicyclic) bond motifs is 1. The van der Waals surface area contributed by atoms with Crippen LogP contribution in [0, 0.1) is 0 Å². The highest BCUT2D eigenvalue weighted by Crippen LogP contribution is 2.32. The number of rotatable bonds is 1. The van der Waals surface area contributed by atoms with Gasteiger partial charge in [0.1, 0.15) is 0 Å². The van der Waals surface area contributed by atoms with Gasteiger partial charge in [-0.15, -0.1) is 0 Å². The monoisotopic (exact) mass is 241 g/mol. The minimum Gasteiger partial charge on any atom is -0.490 e. The first-order valence-corrected chi connectivity index (χ1v) is 5.17. The van der Waals surface area contributed by atoms with Gasteiger partial charge < -0.3 is 15.6 Å². The molecule has 100 valence electrons. The Balaban J connectivity index is 0. The van der Waals surface area contributed by atoms with Gasteiger partial charge in [0.05, 0.1) is 13.2 Å². The predicted molar refractivity (Wildman–Crippen MR) is 74.6 cm³/mol. The molecule has 0 saturated carbocycles. The van der Waals surface area contributed by atoms with Crippen molar-refractivity contribution in [2.45, 2.75) is 41.0 Å². The highest BCUT2D eigenvalue weighted by atomic mass is 16.5. The lowest BCUT2D eigenvalue weighted by Crippen LogP contribution is -1.97. The molecule has 1 heterocycles. The second kappa shape index (κ2) is 7.96. The molecule has 0 aromatic heterocycles. The molecule has 2 rings (SSSR count). The molecule has 17 heavy (non-hydrogen) atoms. The standard InChI is InChI=1S/C12H16O2.2CH4.H3N/c1-9(2)10-4-5-11-12(8-10)14-7-3-6-13-11;;;/h4-5,8-9H,3,6-7H2,1-2H3;2*1H4;1H3. The normalized spacial score (nSPS) is 12.6. The molecule has 0 saturated heterocycles. The molecule has 0 unspecified atom stereocenters. The summed E-state index contributed by atoms with van der Waals surface area (Å²) in [5.41, 5.74) is 1.30. The average Bonchev–Trinajstić information content (AvgIpc) is 2.41. The zero-order valence-corrected chi connectivity index (χ0v) is 9.45. The third-order valence-electron chi connectivity index (χ3n) is 2.44. The van der Waals surface area contributed by atoms with Crippen molar-refractivity contribution in [1.29, 1.82) is 0 Å². The van der Waals surface area contributed by atoms with Crippen LogP contribution in [0.3, 0.4) is 0 Å². The van der Waals surface area contributed by atoms with E-state index >= 15 is 0 Å². The van der Waals surface area contributed by atoms with Crippen LogP contribution in [0.25, 0.3) is 0 Å². The molecule has 0 aliphatic carbocycles. The Kier molecular flexibility index (Phi) is 8.50. The van der Waals surface area contributed by atoms with E-state index in [1.807, 2.05) is 6.07 Å². The van der Waals surface area contributed by atoms with Gasteiger partial charge in [0.15, 0.2) is 11.5 Å². The third kappa shape index (κ3) is 4.27. The Morgan fingerprint density at radius 2 is 1.59 bits per heavy atom. The van der Waals surface area contributed by atoms with Crippen molar-refractivity contribution in [1.82, 2.24) is 6.15 Å². The molecule has 1 aromatic carbocycles. The summed E-state index contributed by atoms with van der Waals surface area (Å²) in [6.45, 7) is 5.88. The van der Waals surface area contributed by atoms with E-state index in [0.717, 1.165) is 31.1 Å². The number of hydrogen-bond donors (Lipinski definition) is 1. The minimum absolute atomic E-state index is 0. The summed E-state index contributed by atoms with van der Waals surface area (Å²) in [6.07, 6.45) is 0.964. The topological polar surface area (TPSA) is 53.5 Å². The van der Waals surface area contributed by atoms with Crippen LogP contribution in [-0.2, 0) is 0 Å². The van der Waals surface area contributed by atoms with E-state index < -0.39 is 0 Å². The van der Waals surface area contributed by atoms with E-state index in [9.17, 15) is 0 Å². The molecule has 1 aliphatic rings. The van der Waals surface area contributed by atoms with Crippen LogP contribution in [-0.4, -0.2) is 13.2 Å². The smallest absolute Gasteiger partial charge is 0.161 e. The molecule has 0 amide bonds. The molecule has 0 spiro atoms. The molecule has 3 nitrogen and oxygen atoms in total. The van der Waals surface area contributed by atoms with Gasteiger partial charge in [0.25, 0.3) is 0 Å². The molecule has 0 fully saturated rings. The van der Waals surface area contributed by atoms with Gasteiger partial charge in [-0.3, -0.25) is 0 Å². The fraction of sp³-hybridized carbons (Fsp3) is 0.571. The number of benzene rings is 1. The van der Waals surface area contributed by atoms with Gasteiger partial charge in [-0.1, -0.05) is 34.8 Å². The van der Waals surface area contributed by atoms with Crippen molar-refractivity contribution in [2.24, 2.45) is 0 Å². The van der Waals surface area contributed by atoms with E-state index in [1.165, 1.54) is 5.56 Å². The SMILES string of the molecule is C.C.CC(C)c1ccc2c(c1)OCCCO2.N. The quantitative estimate of drug-likeness (QED) is 0.792. The van der Waals surface area contributed by atoms with Crippen LogP contribution in [0.1, 0.15) is 46.6 Å². The molecule has 0 radical (unpaired) electrons. The van der Waals surface area contributed by atoms with Gasteiger partial charge in [0, 0.05) is 6.42 Å². The maximum atomic E-state index is 5.61. The van der Waals surface area contributed by atoms with E-state index in [2.05, 4.69) is 26.0 Å². The molecule has 3 heteroatoms. The summed E-state index contributed by atoms with van der Waals surface area (Å²) in [7, 11) is 0. The molecular formula is C14H27NO2. The van der Waals surface area contributed by atoms with Crippen LogP contribution >= 0.6 is 0 Å². The highest BCUT2D eigenvalue weighted by Gasteiger charge is 2.11. The molecule has 1 aliphatic heterocycles. The Labute approximate surface area is 106 Å². The van der Waals surface area contributed by atoms with Crippen LogP contribution in [0.15, 0.2) is 18.2 Å². The molecule has 0 atom stereocenters. The van der Waals surface area contributed by atoms with Crippen LogP contribution in [0.5, 0.6) is 11.5 Å². The fourth-order valence-electron chi connectivity index (χ4n) is 1.54. The average molecular weight is 241 g/mol. The first-order valence-electron chi connectivity index (χ1n) is 5.17. The largest absolute Gasteiger partial charge is 0.490 e. The van der Waals surface area contributed by atoms with Gasteiger partial charge >= 0.3 is 0 Å². The lowest BCUT2D eigenvalue weighted by atomic mass is 10.0. The second-order valence-corrected chi connectivity index (χ2v) is 3.91. The van der Waals surface area contributed by atoms with Crippen LogP contribution < -0.4 is 15.6 Å². The second-order valence-electron chi connectivity index (χ2n) is 3.91. The van der Waals surface area contributed by atoms with Gasteiger partial charge in [-0.25, -0.2) is 0 Å². The van der Waals surface area contributed by atoms with Crippen molar-refractivity contribution in [3.05, 3.63) is 23.8 Å². The van der Waals surface area contributed by atoms with E-state index in [0.29, 0.717) is 5.92 Å². The maximum absolute atomic E-state index is 5.61. The highest BCUT2D eigenvalue weighted by molar-refractivity contribution is 5.44. The Morgan fingerprint density at radius 3 is 2.18 bits per heavy atom. The first-order chi connectivity index (χ1) is 6.77. The van der Waals surface area contributed by atoms with Crippen molar-refractivity contribution in [3.63, 3.8) is 0 Å². The third-order valence-corrected chi connectivity index (χ3v) is 2.44. The van der Waals surface area contributed by atoms with Crippen molar-refractivity contribution in [3.8, 4) is 11.5 Å². The number of hydrogen-bond acceptors (Lipinski definition) is 3. The molecule has 3 N–H and O–H groups in total. The summed E-state index contributed by atoms with van der Waals surface area (Å²) in [4.78, 5) is 0. The summed E-state index contributed by atoms with van der Waals surface area (Å²) in [5.74, 6) is 2.31. The Hall–Kier alpha value is -1.22. The lowest BCUT2D eigenvalue weighted by molar-refractivity contribution is 0.297. The van der Waals surface area contributed by atoms with Gasteiger partial charge in [0.2, 0.25) is 0 Å². The van der Waals surface area contributed by atoms with E-state index in [-0.39, 0.29) is 21.0 Å². The predicted octanol–water partition coefficient (Wildman–Crippen LogP) is 4.41. The van der Waals surface area contributed by atoms with Crippen molar-refractivity contribution in [2.75, 3.05) is 13.2 Å². The molecular weight excluding hydrogens is 214 g/mol. The van der Waals surface area contributed by atoms with Crippen LogP contribution in [0.2, 0.25) is 0 Å². The maximum Gasteiger partial charge on any atom is 0.161 e. The molecule has 1 aromatic rings. The summed E-state index contributed by atoms with van der Waals surface area (Å²) in [5, 5.41) is 0. The number of ether oxygens (including phenoxy) is 2. The van der Waals surface area contributed by atoms with Gasteiger partial charge in [-0.2, -0.15) is 0 Å². The van der Waals surface area contributed by atoms with Crippen molar-refractivity contribution >= 4 is 0 Å². The van der Waals surface area contributed by atoms with E-state index in [4.69, 9.17) is 9.47 Å². The Bertz CT molecular complexity index is 324. The zero-order valence-electron chi connectivity index (χ0n) is 9.45. The lowest BCUT2D eigenvalue weighted by Gasteiger charge is -2.10. The first kappa shape index (κ1) is 18.2. The molecule has 0 bridgehead atoms.